The number of rotatable bonds is 3. The molecule has 0 aliphatic heterocycles. The monoisotopic (exact) mass is 251 g/mol. The van der Waals surface area contributed by atoms with Crippen LogP contribution in [-0.2, 0) is 0 Å². The fourth-order valence-corrected chi connectivity index (χ4v) is 2.67. The van der Waals surface area contributed by atoms with E-state index in [1.54, 1.807) is 17.5 Å². The van der Waals surface area contributed by atoms with Gasteiger partial charge in [0, 0.05) is 10.9 Å². The number of hydrogen-bond donors (Lipinski definition) is 1. The fourth-order valence-electron chi connectivity index (χ4n) is 1.76. The molecule has 1 atom stereocenters. The standard InChI is InChI=1S/C12H14FN3S/c1-7(12-8(2)17-9(3)16-12)15-11-4-10(13)5-14-6-11/h4-7,15H,1-3H3. The Labute approximate surface area is 104 Å². The molecule has 5 heteroatoms. The number of anilines is 1. The Morgan fingerprint density at radius 1 is 1.35 bits per heavy atom. The first-order chi connectivity index (χ1) is 8.06. The Bertz CT molecular complexity index is 524. The second kappa shape index (κ2) is 4.79. The zero-order valence-corrected chi connectivity index (χ0v) is 10.8. The van der Waals surface area contributed by atoms with Gasteiger partial charge in [-0.1, -0.05) is 0 Å². The van der Waals surface area contributed by atoms with Crippen molar-refractivity contribution in [1.82, 2.24) is 9.97 Å². The summed E-state index contributed by atoms with van der Waals surface area (Å²) in [5, 5.41) is 4.24. The first kappa shape index (κ1) is 12.0. The predicted octanol–water partition coefficient (Wildman–Crippen LogP) is 3.47. The lowest BCUT2D eigenvalue weighted by molar-refractivity contribution is 0.621. The van der Waals surface area contributed by atoms with Crippen molar-refractivity contribution in [2.24, 2.45) is 0 Å². The second-order valence-electron chi connectivity index (χ2n) is 3.93. The molecule has 2 rings (SSSR count). The van der Waals surface area contributed by atoms with Crippen molar-refractivity contribution in [2.75, 3.05) is 5.32 Å². The number of aromatic nitrogens is 2. The third-order valence-corrected chi connectivity index (χ3v) is 3.34. The van der Waals surface area contributed by atoms with Crippen LogP contribution in [0.15, 0.2) is 18.5 Å². The maximum absolute atomic E-state index is 13.0. The van der Waals surface area contributed by atoms with E-state index in [0.29, 0.717) is 5.69 Å². The van der Waals surface area contributed by atoms with Crippen LogP contribution in [0.5, 0.6) is 0 Å². The first-order valence-electron chi connectivity index (χ1n) is 5.37. The lowest BCUT2D eigenvalue weighted by Crippen LogP contribution is -2.08. The fraction of sp³-hybridized carbons (Fsp3) is 0.333. The molecule has 2 heterocycles. The molecule has 0 bridgehead atoms. The van der Waals surface area contributed by atoms with Gasteiger partial charge >= 0.3 is 0 Å². The number of nitrogens with one attached hydrogen (secondary N) is 1. The van der Waals surface area contributed by atoms with E-state index in [1.807, 2.05) is 20.8 Å². The van der Waals surface area contributed by atoms with E-state index < -0.39 is 0 Å². The molecule has 0 aromatic carbocycles. The van der Waals surface area contributed by atoms with E-state index in [9.17, 15) is 4.39 Å². The van der Waals surface area contributed by atoms with Crippen LogP contribution in [0, 0.1) is 19.7 Å². The highest BCUT2D eigenvalue weighted by Crippen LogP contribution is 2.25. The zero-order chi connectivity index (χ0) is 12.4. The van der Waals surface area contributed by atoms with E-state index in [-0.39, 0.29) is 11.9 Å². The van der Waals surface area contributed by atoms with Crippen molar-refractivity contribution >= 4 is 17.0 Å². The topological polar surface area (TPSA) is 37.8 Å². The van der Waals surface area contributed by atoms with Gasteiger partial charge in [-0.05, 0) is 20.8 Å². The highest BCUT2D eigenvalue weighted by Gasteiger charge is 2.13. The van der Waals surface area contributed by atoms with Gasteiger partial charge in [0.2, 0.25) is 0 Å². The Hall–Kier alpha value is -1.49. The molecule has 3 nitrogen and oxygen atoms in total. The van der Waals surface area contributed by atoms with E-state index in [2.05, 4.69) is 15.3 Å². The van der Waals surface area contributed by atoms with Gasteiger partial charge in [-0.25, -0.2) is 9.37 Å². The van der Waals surface area contributed by atoms with Gasteiger partial charge in [0.05, 0.1) is 34.8 Å². The minimum atomic E-state index is -0.339. The number of nitrogens with zero attached hydrogens (tertiary/aromatic N) is 2. The summed E-state index contributed by atoms with van der Waals surface area (Å²) in [6.45, 7) is 6.03. The summed E-state index contributed by atoms with van der Waals surface area (Å²) in [5.74, 6) is -0.339. The van der Waals surface area contributed by atoms with Crippen LogP contribution in [0.4, 0.5) is 10.1 Å². The van der Waals surface area contributed by atoms with Crippen LogP contribution in [0.25, 0.3) is 0 Å². The molecule has 0 saturated carbocycles. The molecule has 1 unspecified atom stereocenters. The maximum atomic E-state index is 13.0. The summed E-state index contributed by atoms with van der Waals surface area (Å²) in [6.07, 6.45) is 2.79. The summed E-state index contributed by atoms with van der Waals surface area (Å²) in [4.78, 5) is 9.46. The molecule has 2 aromatic rings. The SMILES string of the molecule is Cc1nc(C(C)Nc2cncc(F)c2)c(C)s1. The number of pyridine rings is 1. The lowest BCUT2D eigenvalue weighted by atomic mass is 10.2. The van der Waals surface area contributed by atoms with E-state index in [1.165, 1.54) is 17.1 Å². The molecule has 0 saturated heterocycles. The van der Waals surface area contributed by atoms with Gasteiger partial charge in [0.15, 0.2) is 0 Å². The first-order valence-corrected chi connectivity index (χ1v) is 6.19. The molecule has 0 amide bonds. The third kappa shape index (κ3) is 2.79. The van der Waals surface area contributed by atoms with Crippen molar-refractivity contribution in [3.05, 3.63) is 39.9 Å². The number of hydrogen-bond acceptors (Lipinski definition) is 4. The van der Waals surface area contributed by atoms with Crippen molar-refractivity contribution in [2.45, 2.75) is 26.8 Å². The zero-order valence-electron chi connectivity index (χ0n) is 9.99. The minimum Gasteiger partial charge on any atom is -0.376 e. The van der Waals surface area contributed by atoms with Gasteiger partial charge in [0.25, 0.3) is 0 Å². The van der Waals surface area contributed by atoms with Crippen LogP contribution in [0.1, 0.15) is 28.5 Å². The van der Waals surface area contributed by atoms with Gasteiger partial charge in [-0.2, -0.15) is 0 Å². The second-order valence-corrected chi connectivity index (χ2v) is 5.34. The largest absolute Gasteiger partial charge is 0.376 e. The van der Waals surface area contributed by atoms with Crippen LogP contribution >= 0.6 is 11.3 Å². The van der Waals surface area contributed by atoms with Crippen molar-refractivity contribution in [3.8, 4) is 0 Å². The summed E-state index contributed by atoms with van der Waals surface area (Å²) >= 11 is 1.67. The number of aryl methyl sites for hydroxylation is 2. The minimum absolute atomic E-state index is 0.0450. The molecule has 2 aromatic heterocycles. The van der Waals surface area contributed by atoms with Crippen molar-refractivity contribution < 1.29 is 4.39 Å². The van der Waals surface area contributed by atoms with Gasteiger partial charge < -0.3 is 5.32 Å². The average Bonchev–Trinajstić information content (AvgIpc) is 2.58. The van der Waals surface area contributed by atoms with Crippen LogP contribution < -0.4 is 5.32 Å². The van der Waals surface area contributed by atoms with E-state index in [0.717, 1.165) is 10.7 Å². The van der Waals surface area contributed by atoms with Crippen LogP contribution in [0.2, 0.25) is 0 Å². The highest BCUT2D eigenvalue weighted by molar-refractivity contribution is 7.11. The van der Waals surface area contributed by atoms with Crippen LogP contribution in [0.3, 0.4) is 0 Å². The third-order valence-electron chi connectivity index (χ3n) is 2.44. The molecule has 0 aliphatic carbocycles. The van der Waals surface area contributed by atoms with E-state index in [4.69, 9.17) is 0 Å². The Morgan fingerprint density at radius 2 is 2.12 bits per heavy atom. The molecule has 0 fully saturated rings. The van der Waals surface area contributed by atoms with Gasteiger partial charge in [-0.15, -0.1) is 11.3 Å². The quantitative estimate of drug-likeness (QED) is 0.907. The Kier molecular flexibility index (Phi) is 3.38. The lowest BCUT2D eigenvalue weighted by Gasteiger charge is -2.13. The smallest absolute Gasteiger partial charge is 0.143 e. The molecule has 90 valence electrons. The maximum Gasteiger partial charge on any atom is 0.143 e. The molecule has 0 aliphatic rings. The number of halogens is 1. The molecule has 1 N–H and O–H groups in total. The average molecular weight is 251 g/mol. The van der Waals surface area contributed by atoms with Gasteiger partial charge in [-0.3, -0.25) is 4.98 Å². The summed E-state index contributed by atoms with van der Waals surface area (Å²) in [7, 11) is 0. The molecular weight excluding hydrogens is 237 g/mol. The van der Waals surface area contributed by atoms with Crippen molar-refractivity contribution in [3.63, 3.8) is 0 Å². The van der Waals surface area contributed by atoms with E-state index >= 15 is 0 Å². The molecule has 17 heavy (non-hydrogen) atoms. The van der Waals surface area contributed by atoms with Gasteiger partial charge in [0.1, 0.15) is 5.82 Å². The predicted molar refractivity (Wildman–Crippen MR) is 67.8 cm³/mol. The Morgan fingerprint density at radius 3 is 2.71 bits per heavy atom. The number of thiazole rings is 1. The Balaban J connectivity index is 2.16. The molecule has 0 spiro atoms. The normalized spacial score (nSPS) is 12.5. The molecular formula is C12H14FN3S. The molecule has 0 radical (unpaired) electrons. The summed E-state index contributed by atoms with van der Waals surface area (Å²) in [6, 6.07) is 1.47. The highest BCUT2D eigenvalue weighted by atomic mass is 32.1. The summed E-state index contributed by atoms with van der Waals surface area (Å²) in [5.41, 5.74) is 1.68. The van der Waals surface area contributed by atoms with Crippen LogP contribution in [-0.4, -0.2) is 9.97 Å². The van der Waals surface area contributed by atoms with Crippen molar-refractivity contribution in [1.29, 1.82) is 0 Å². The summed E-state index contributed by atoms with van der Waals surface area (Å²) < 4.78 is 13.0.